The third-order valence-corrected chi connectivity index (χ3v) is 3.27. The molecule has 2 saturated heterocycles. The van der Waals surface area contributed by atoms with Gasteiger partial charge in [0.05, 0.1) is 18.0 Å². The first-order valence-corrected chi connectivity index (χ1v) is 5.45. The molecular formula is C10H17N3O2. The van der Waals surface area contributed by atoms with Crippen LogP contribution < -0.4 is 11.1 Å². The van der Waals surface area contributed by atoms with E-state index in [4.69, 9.17) is 5.73 Å². The summed E-state index contributed by atoms with van der Waals surface area (Å²) < 4.78 is 0. The molecule has 2 fully saturated rings. The highest BCUT2D eigenvalue weighted by Gasteiger charge is 2.42. The molecule has 0 aromatic carbocycles. The fraction of sp³-hybridized carbons (Fsp3) is 0.800. The van der Waals surface area contributed by atoms with Gasteiger partial charge in [-0.15, -0.1) is 0 Å². The van der Waals surface area contributed by atoms with Crippen molar-refractivity contribution in [2.24, 2.45) is 11.7 Å². The van der Waals surface area contributed by atoms with Gasteiger partial charge in [-0.1, -0.05) is 0 Å². The highest BCUT2D eigenvalue weighted by atomic mass is 16.2. The summed E-state index contributed by atoms with van der Waals surface area (Å²) in [5.74, 6) is 0.0322. The van der Waals surface area contributed by atoms with Gasteiger partial charge in [0, 0.05) is 13.1 Å². The van der Waals surface area contributed by atoms with Crippen molar-refractivity contribution in [3.63, 3.8) is 0 Å². The van der Waals surface area contributed by atoms with Gasteiger partial charge in [0.2, 0.25) is 11.8 Å². The van der Waals surface area contributed by atoms with Gasteiger partial charge in [-0.25, -0.2) is 0 Å². The molecule has 84 valence electrons. The Bertz CT molecular complexity index is 290. The standard InChI is InChI=1S/C10H17N3O2/c1-6(11)10(15)13-4-2-3-7-8(13)5-12-9(7)14/h6-8H,2-5,11H2,1H3,(H,12,14)/t6-,7?,8?/m0/s1. The van der Waals surface area contributed by atoms with E-state index in [1.54, 1.807) is 11.8 Å². The molecule has 2 aliphatic heterocycles. The lowest BCUT2D eigenvalue weighted by atomic mass is 9.91. The SMILES string of the molecule is C[C@H](N)C(=O)N1CCCC2C(=O)NCC21. The molecule has 0 spiro atoms. The summed E-state index contributed by atoms with van der Waals surface area (Å²) in [6.45, 7) is 3.01. The van der Waals surface area contributed by atoms with Crippen molar-refractivity contribution in [3.05, 3.63) is 0 Å². The number of carbonyl (C=O) groups is 2. The Morgan fingerprint density at radius 2 is 2.40 bits per heavy atom. The normalized spacial score (nSPS) is 32.1. The predicted molar refractivity (Wildman–Crippen MR) is 54.9 cm³/mol. The van der Waals surface area contributed by atoms with E-state index in [1.807, 2.05) is 0 Å². The monoisotopic (exact) mass is 211 g/mol. The van der Waals surface area contributed by atoms with Crippen molar-refractivity contribution in [3.8, 4) is 0 Å². The number of rotatable bonds is 1. The number of nitrogens with zero attached hydrogens (tertiary/aromatic N) is 1. The molecule has 2 unspecified atom stereocenters. The lowest BCUT2D eigenvalue weighted by molar-refractivity contribution is -0.137. The van der Waals surface area contributed by atoms with Gasteiger partial charge in [-0.2, -0.15) is 0 Å². The quantitative estimate of drug-likeness (QED) is 0.588. The molecule has 5 heteroatoms. The van der Waals surface area contributed by atoms with Crippen LogP contribution in [0.15, 0.2) is 0 Å². The third-order valence-electron chi connectivity index (χ3n) is 3.27. The molecule has 3 atom stereocenters. The second kappa shape index (κ2) is 3.81. The zero-order valence-corrected chi connectivity index (χ0v) is 8.90. The number of fused-ring (bicyclic) bond motifs is 1. The van der Waals surface area contributed by atoms with Crippen LogP contribution >= 0.6 is 0 Å². The van der Waals surface area contributed by atoms with Gasteiger partial charge in [0.1, 0.15) is 0 Å². The number of amides is 2. The van der Waals surface area contributed by atoms with E-state index in [1.165, 1.54) is 0 Å². The number of piperidine rings is 1. The summed E-state index contributed by atoms with van der Waals surface area (Å²) in [4.78, 5) is 25.0. The van der Waals surface area contributed by atoms with Gasteiger partial charge < -0.3 is 16.0 Å². The summed E-state index contributed by atoms with van der Waals surface area (Å²) in [7, 11) is 0. The van der Waals surface area contributed by atoms with Crippen LogP contribution in [-0.2, 0) is 9.59 Å². The molecule has 0 aromatic heterocycles. The molecule has 2 amide bonds. The smallest absolute Gasteiger partial charge is 0.239 e. The zero-order valence-electron chi connectivity index (χ0n) is 8.90. The summed E-state index contributed by atoms with van der Waals surface area (Å²) in [6, 6.07) is -0.441. The Morgan fingerprint density at radius 3 is 3.07 bits per heavy atom. The van der Waals surface area contributed by atoms with Crippen LogP contribution in [0, 0.1) is 5.92 Å². The van der Waals surface area contributed by atoms with Crippen LogP contribution in [0.25, 0.3) is 0 Å². The summed E-state index contributed by atoms with van der Waals surface area (Å²) in [5, 5.41) is 2.81. The van der Waals surface area contributed by atoms with E-state index in [-0.39, 0.29) is 23.8 Å². The molecule has 15 heavy (non-hydrogen) atoms. The van der Waals surface area contributed by atoms with Crippen molar-refractivity contribution in [1.82, 2.24) is 10.2 Å². The van der Waals surface area contributed by atoms with Crippen molar-refractivity contribution in [2.45, 2.75) is 31.8 Å². The van der Waals surface area contributed by atoms with Crippen molar-refractivity contribution in [1.29, 1.82) is 0 Å². The van der Waals surface area contributed by atoms with Gasteiger partial charge in [0.25, 0.3) is 0 Å². The highest BCUT2D eigenvalue weighted by Crippen LogP contribution is 2.27. The number of nitrogens with two attached hydrogens (primary N) is 1. The average Bonchev–Trinajstić information content (AvgIpc) is 2.59. The first-order valence-electron chi connectivity index (χ1n) is 5.45. The molecule has 0 radical (unpaired) electrons. The molecule has 0 aromatic rings. The molecule has 3 N–H and O–H groups in total. The predicted octanol–water partition coefficient (Wildman–Crippen LogP) is -0.929. The Hall–Kier alpha value is -1.10. The minimum Gasteiger partial charge on any atom is -0.354 e. The molecule has 0 bridgehead atoms. The van der Waals surface area contributed by atoms with Crippen LogP contribution in [0.2, 0.25) is 0 Å². The summed E-state index contributed by atoms with van der Waals surface area (Å²) in [6.07, 6.45) is 1.78. The van der Waals surface area contributed by atoms with Crippen LogP contribution in [0.4, 0.5) is 0 Å². The second-order valence-corrected chi connectivity index (χ2v) is 4.38. The number of nitrogens with one attached hydrogen (secondary N) is 1. The second-order valence-electron chi connectivity index (χ2n) is 4.38. The number of hydrogen-bond acceptors (Lipinski definition) is 3. The fourth-order valence-electron chi connectivity index (χ4n) is 2.49. The average molecular weight is 211 g/mol. The van der Waals surface area contributed by atoms with Crippen molar-refractivity contribution < 1.29 is 9.59 Å². The van der Waals surface area contributed by atoms with Crippen molar-refractivity contribution >= 4 is 11.8 Å². The Morgan fingerprint density at radius 1 is 1.67 bits per heavy atom. The Kier molecular flexibility index (Phi) is 2.65. The van der Waals surface area contributed by atoms with E-state index < -0.39 is 6.04 Å². The molecule has 2 rings (SSSR count). The van der Waals surface area contributed by atoms with Crippen LogP contribution in [0.5, 0.6) is 0 Å². The summed E-state index contributed by atoms with van der Waals surface area (Å²) >= 11 is 0. The number of carbonyl (C=O) groups excluding carboxylic acids is 2. The first-order chi connectivity index (χ1) is 7.11. The van der Waals surface area contributed by atoms with Gasteiger partial charge in [-0.05, 0) is 19.8 Å². The number of likely N-dealkylation sites (tertiary alicyclic amines) is 1. The number of hydrogen-bond donors (Lipinski definition) is 2. The van der Waals surface area contributed by atoms with E-state index in [2.05, 4.69) is 5.32 Å². The Labute approximate surface area is 89.0 Å². The largest absolute Gasteiger partial charge is 0.354 e. The topological polar surface area (TPSA) is 75.4 Å². The minimum absolute atomic E-state index is 0.0125. The van der Waals surface area contributed by atoms with Crippen LogP contribution in [-0.4, -0.2) is 41.9 Å². The van der Waals surface area contributed by atoms with Gasteiger partial charge >= 0.3 is 0 Å². The van der Waals surface area contributed by atoms with E-state index in [9.17, 15) is 9.59 Å². The zero-order chi connectivity index (χ0) is 11.0. The van der Waals surface area contributed by atoms with Gasteiger partial charge in [-0.3, -0.25) is 9.59 Å². The lowest BCUT2D eigenvalue weighted by Crippen LogP contribution is -2.53. The van der Waals surface area contributed by atoms with E-state index in [0.717, 1.165) is 19.4 Å². The molecule has 0 aliphatic carbocycles. The third kappa shape index (κ3) is 1.71. The lowest BCUT2D eigenvalue weighted by Gasteiger charge is -2.36. The van der Waals surface area contributed by atoms with E-state index in [0.29, 0.717) is 6.54 Å². The van der Waals surface area contributed by atoms with Gasteiger partial charge in [0.15, 0.2) is 0 Å². The molecular weight excluding hydrogens is 194 g/mol. The van der Waals surface area contributed by atoms with E-state index >= 15 is 0 Å². The minimum atomic E-state index is -0.473. The van der Waals surface area contributed by atoms with Crippen LogP contribution in [0.1, 0.15) is 19.8 Å². The maximum atomic E-state index is 11.8. The molecule has 0 saturated carbocycles. The fourth-order valence-corrected chi connectivity index (χ4v) is 2.49. The molecule has 5 nitrogen and oxygen atoms in total. The van der Waals surface area contributed by atoms with Crippen molar-refractivity contribution in [2.75, 3.05) is 13.1 Å². The highest BCUT2D eigenvalue weighted by molar-refractivity contribution is 5.86. The first kappa shape index (κ1) is 10.4. The summed E-state index contributed by atoms with van der Waals surface area (Å²) in [5.41, 5.74) is 5.59. The maximum Gasteiger partial charge on any atom is 0.239 e. The van der Waals surface area contributed by atoms with Crippen LogP contribution in [0.3, 0.4) is 0 Å². The molecule has 2 heterocycles. The Balaban J connectivity index is 2.13. The maximum absolute atomic E-state index is 11.8. The molecule has 2 aliphatic rings.